The number of fused-ring (bicyclic) bond motifs is 1. The van der Waals surface area contributed by atoms with Crippen LogP contribution in [-0.2, 0) is 0 Å². The van der Waals surface area contributed by atoms with Gasteiger partial charge in [-0.15, -0.1) is 0 Å². The minimum absolute atomic E-state index is 0.256. The Morgan fingerprint density at radius 3 is 2.57 bits per heavy atom. The van der Waals surface area contributed by atoms with Crippen molar-refractivity contribution in [3.63, 3.8) is 0 Å². The van der Waals surface area contributed by atoms with E-state index in [9.17, 15) is 0 Å². The smallest absolute Gasteiger partial charge is 0.159 e. The van der Waals surface area contributed by atoms with Crippen LogP contribution in [0.2, 0.25) is 0 Å². The summed E-state index contributed by atoms with van der Waals surface area (Å²) in [6.07, 6.45) is 1.93. The number of rotatable bonds is 3. The summed E-state index contributed by atoms with van der Waals surface area (Å²) in [4.78, 5) is 9.29. The lowest BCUT2D eigenvalue weighted by atomic mass is 10.0. The van der Waals surface area contributed by atoms with Crippen LogP contribution in [0.25, 0.3) is 22.2 Å². The van der Waals surface area contributed by atoms with E-state index in [1.807, 2.05) is 20.2 Å². The highest BCUT2D eigenvalue weighted by Crippen LogP contribution is 2.27. The van der Waals surface area contributed by atoms with E-state index >= 15 is 0 Å². The third-order valence-electron chi connectivity index (χ3n) is 3.95. The molecule has 0 fully saturated rings. The molecule has 2 aromatic carbocycles. The molecule has 0 saturated carbocycles. The highest BCUT2D eigenvalue weighted by Gasteiger charge is 2.11. The van der Waals surface area contributed by atoms with Gasteiger partial charge in [0, 0.05) is 29.1 Å². The molecule has 3 nitrogen and oxygen atoms in total. The Morgan fingerprint density at radius 2 is 1.81 bits per heavy atom. The van der Waals surface area contributed by atoms with E-state index in [0.717, 1.165) is 22.6 Å². The van der Waals surface area contributed by atoms with Gasteiger partial charge >= 0.3 is 0 Å². The van der Waals surface area contributed by atoms with Crippen molar-refractivity contribution in [1.29, 1.82) is 0 Å². The van der Waals surface area contributed by atoms with Gasteiger partial charge in [0.05, 0.1) is 0 Å². The van der Waals surface area contributed by atoms with Crippen LogP contribution in [0.15, 0.2) is 48.7 Å². The first kappa shape index (κ1) is 13.7. The molecule has 1 heterocycles. The summed E-state index contributed by atoms with van der Waals surface area (Å²) >= 11 is 0. The topological polar surface area (TPSA) is 37.8 Å². The normalized spacial score (nSPS) is 12.5. The van der Waals surface area contributed by atoms with Gasteiger partial charge in [-0.1, -0.05) is 42.5 Å². The zero-order chi connectivity index (χ0) is 14.8. The maximum atomic E-state index is 4.71. The maximum Gasteiger partial charge on any atom is 0.159 e. The monoisotopic (exact) mass is 277 g/mol. The predicted octanol–water partition coefficient (Wildman–Crippen LogP) is 3.89. The Labute approximate surface area is 125 Å². The van der Waals surface area contributed by atoms with Gasteiger partial charge in [0.25, 0.3) is 0 Å². The molecule has 0 spiro atoms. The average Bonchev–Trinajstić information content (AvgIpc) is 2.53. The largest absolute Gasteiger partial charge is 0.313 e. The van der Waals surface area contributed by atoms with Gasteiger partial charge in [-0.3, -0.25) is 0 Å². The van der Waals surface area contributed by atoms with E-state index < -0.39 is 0 Å². The van der Waals surface area contributed by atoms with Crippen LogP contribution in [0, 0.1) is 6.92 Å². The van der Waals surface area contributed by atoms with Crippen molar-refractivity contribution in [3.8, 4) is 11.4 Å². The molecule has 0 aliphatic rings. The van der Waals surface area contributed by atoms with Crippen molar-refractivity contribution in [2.24, 2.45) is 0 Å². The van der Waals surface area contributed by atoms with E-state index in [0.29, 0.717) is 0 Å². The molecule has 0 aliphatic carbocycles. The molecule has 21 heavy (non-hydrogen) atoms. The van der Waals surface area contributed by atoms with E-state index in [1.165, 1.54) is 10.8 Å². The van der Waals surface area contributed by atoms with Crippen LogP contribution < -0.4 is 5.32 Å². The van der Waals surface area contributed by atoms with Gasteiger partial charge in [-0.25, -0.2) is 9.97 Å². The van der Waals surface area contributed by atoms with E-state index in [4.69, 9.17) is 4.98 Å². The Balaban J connectivity index is 2.13. The van der Waals surface area contributed by atoms with Crippen molar-refractivity contribution < 1.29 is 0 Å². The SMILES string of the molecule is CNC(C)c1cnc(-c2cccc3ccccc23)nc1C. The molecule has 1 unspecified atom stereocenters. The molecule has 106 valence electrons. The Morgan fingerprint density at radius 1 is 1.05 bits per heavy atom. The van der Waals surface area contributed by atoms with Gasteiger partial charge in [-0.05, 0) is 31.7 Å². The second-order valence-electron chi connectivity index (χ2n) is 5.27. The standard InChI is InChI=1S/C18H19N3/c1-12(19-3)17-11-20-18(21-13(17)2)16-10-6-8-14-7-4-5-9-15(14)16/h4-12,19H,1-3H3. The van der Waals surface area contributed by atoms with Crippen molar-refractivity contribution >= 4 is 10.8 Å². The Kier molecular flexibility index (Phi) is 3.67. The fraction of sp³-hybridized carbons (Fsp3) is 0.222. The van der Waals surface area contributed by atoms with Crippen molar-refractivity contribution in [3.05, 3.63) is 59.9 Å². The average molecular weight is 277 g/mol. The summed E-state index contributed by atoms with van der Waals surface area (Å²) < 4.78 is 0. The summed E-state index contributed by atoms with van der Waals surface area (Å²) in [5.41, 5.74) is 3.25. The molecule has 0 saturated heterocycles. The summed E-state index contributed by atoms with van der Waals surface area (Å²) in [5.74, 6) is 0.788. The molecule has 1 N–H and O–H groups in total. The lowest BCUT2D eigenvalue weighted by Crippen LogP contribution is -2.14. The number of nitrogens with one attached hydrogen (secondary N) is 1. The van der Waals surface area contributed by atoms with Gasteiger partial charge in [0.15, 0.2) is 5.82 Å². The lowest BCUT2D eigenvalue weighted by molar-refractivity contribution is 0.641. The third kappa shape index (κ3) is 2.52. The quantitative estimate of drug-likeness (QED) is 0.789. The van der Waals surface area contributed by atoms with Crippen molar-refractivity contribution in [1.82, 2.24) is 15.3 Å². The molecular weight excluding hydrogens is 258 g/mol. The van der Waals surface area contributed by atoms with Crippen LogP contribution in [0.1, 0.15) is 24.2 Å². The molecule has 0 bridgehead atoms. The van der Waals surface area contributed by atoms with E-state index in [-0.39, 0.29) is 6.04 Å². The number of hydrogen-bond acceptors (Lipinski definition) is 3. The first-order chi connectivity index (χ1) is 10.2. The number of aryl methyl sites for hydroxylation is 1. The first-order valence-electron chi connectivity index (χ1n) is 7.19. The molecule has 3 heteroatoms. The fourth-order valence-corrected chi connectivity index (χ4v) is 2.61. The van der Waals surface area contributed by atoms with E-state index in [2.05, 4.69) is 59.7 Å². The van der Waals surface area contributed by atoms with Crippen LogP contribution in [0.3, 0.4) is 0 Å². The summed E-state index contributed by atoms with van der Waals surface area (Å²) in [7, 11) is 1.95. The minimum atomic E-state index is 0.256. The predicted molar refractivity (Wildman–Crippen MR) is 87.2 cm³/mol. The highest BCUT2D eigenvalue weighted by atomic mass is 14.9. The molecule has 1 atom stereocenters. The van der Waals surface area contributed by atoms with Crippen LogP contribution in [-0.4, -0.2) is 17.0 Å². The zero-order valence-electron chi connectivity index (χ0n) is 12.6. The Hall–Kier alpha value is -2.26. The fourth-order valence-electron chi connectivity index (χ4n) is 2.61. The maximum absolute atomic E-state index is 4.71. The zero-order valence-corrected chi connectivity index (χ0v) is 12.6. The molecule has 3 aromatic rings. The first-order valence-corrected chi connectivity index (χ1v) is 7.19. The minimum Gasteiger partial charge on any atom is -0.313 e. The number of aromatic nitrogens is 2. The molecule has 3 rings (SSSR count). The van der Waals surface area contributed by atoms with Gasteiger partial charge in [0.1, 0.15) is 0 Å². The van der Waals surface area contributed by atoms with E-state index in [1.54, 1.807) is 0 Å². The molecule has 0 amide bonds. The number of hydrogen-bond donors (Lipinski definition) is 1. The lowest BCUT2D eigenvalue weighted by Gasteiger charge is -2.14. The van der Waals surface area contributed by atoms with Crippen LogP contribution >= 0.6 is 0 Å². The van der Waals surface area contributed by atoms with Crippen molar-refractivity contribution in [2.75, 3.05) is 7.05 Å². The second-order valence-corrected chi connectivity index (χ2v) is 5.27. The number of benzene rings is 2. The molecule has 0 aliphatic heterocycles. The Bertz CT molecular complexity index is 775. The van der Waals surface area contributed by atoms with Crippen LogP contribution in [0.5, 0.6) is 0 Å². The molecule has 0 radical (unpaired) electrons. The highest BCUT2D eigenvalue weighted by molar-refractivity contribution is 5.94. The van der Waals surface area contributed by atoms with Gasteiger partial charge in [0.2, 0.25) is 0 Å². The molecular formula is C18H19N3. The van der Waals surface area contributed by atoms with Crippen LogP contribution in [0.4, 0.5) is 0 Å². The summed E-state index contributed by atoms with van der Waals surface area (Å²) in [5, 5.41) is 5.63. The third-order valence-corrected chi connectivity index (χ3v) is 3.95. The number of nitrogens with zero attached hydrogens (tertiary/aromatic N) is 2. The summed E-state index contributed by atoms with van der Waals surface area (Å²) in [6, 6.07) is 14.8. The summed E-state index contributed by atoms with van der Waals surface area (Å²) in [6.45, 7) is 4.16. The molecule has 1 aromatic heterocycles. The van der Waals surface area contributed by atoms with Crippen molar-refractivity contribution in [2.45, 2.75) is 19.9 Å². The van der Waals surface area contributed by atoms with Gasteiger partial charge in [-0.2, -0.15) is 0 Å². The van der Waals surface area contributed by atoms with Gasteiger partial charge < -0.3 is 5.32 Å². The second kappa shape index (κ2) is 5.62.